The molecule has 1 unspecified atom stereocenters. The minimum Gasteiger partial charge on any atom is -0.462 e. The van der Waals surface area contributed by atoms with E-state index in [0.717, 1.165) is 51.4 Å². The zero-order chi connectivity index (χ0) is 41.8. The van der Waals surface area contributed by atoms with Crippen molar-refractivity contribution in [3.63, 3.8) is 0 Å². The van der Waals surface area contributed by atoms with Crippen molar-refractivity contribution in [2.24, 2.45) is 5.73 Å². The molecule has 0 bridgehead atoms. The van der Waals surface area contributed by atoms with Crippen LogP contribution in [0.4, 0.5) is 0 Å². The highest BCUT2D eigenvalue weighted by molar-refractivity contribution is 7.47. The Morgan fingerprint density at radius 1 is 0.526 bits per heavy atom. The smallest absolute Gasteiger partial charge is 0.462 e. The Bertz CT molecular complexity index is 990. The van der Waals surface area contributed by atoms with Gasteiger partial charge in [-0.1, -0.05) is 199 Å². The molecule has 0 aliphatic heterocycles. The fourth-order valence-corrected chi connectivity index (χ4v) is 7.55. The number of phosphoric ester groups is 1. The van der Waals surface area contributed by atoms with Gasteiger partial charge in [-0.3, -0.25) is 18.6 Å². The summed E-state index contributed by atoms with van der Waals surface area (Å²) in [4.78, 5) is 35.0. The van der Waals surface area contributed by atoms with Crippen LogP contribution in [-0.4, -0.2) is 49.3 Å². The van der Waals surface area contributed by atoms with Crippen LogP contribution in [0.15, 0.2) is 24.3 Å². The lowest BCUT2D eigenvalue weighted by molar-refractivity contribution is -0.161. The molecule has 0 amide bonds. The first-order valence-electron chi connectivity index (χ1n) is 23.8. The maximum absolute atomic E-state index is 12.6. The molecule has 0 aromatic carbocycles. The van der Waals surface area contributed by atoms with Crippen LogP contribution in [-0.2, 0) is 32.7 Å². The summed E-state index contributed by atoms with van der Waals surface area (Å²) in [5.74, 6) is -0.826. The van der Waals surface area contributed by atoms with Gasteiger partial charge in [0, 0.05) is 19.4 Å². The van der Waals surface area contributed by atoms with Crippen LogP contribution in [0.1, 0.15) is 232 Å². The molecule has 2 atom stereocenters. The van der Waals surface area contributed by atoms with Crippen molar-refractivity contribution in [2.45, 2.75) is 238 Å². The van der Waals surface area contributed by atoms with Gasteiger partial charge in [0.15, 0.2) is 6.10 Å². The van der Waals surface area contributed by atoms with Gasteiger partial charge in [-0.2, -0.15) is 0 Å². The number of allylic oxidation sites excluding steroid dienone is 4. The van der Waals surface area contributed by atoms with Crippen molar-refractivity contribution in [1.29, 1.82) is 0 Å². The molecule has 0 radical (unpaired) electrons. The van der Waals surface area contributed by atoms with Crippen molar-refractivity contribution in [1.82, 2.24) is 0 Å². The standard InChI is InChI=1S/C47H90NO8P/c1-3-5-7-9-11-13-15-17-19-21-22-24-26-28-30-32-34-36-38-40-47(50)56-45(44-55-57(51,52)54-42-41-48)43-53-46(49)39-37-35-33-31-29-27-25-23-20-18-16-14-12-10-8-6-4-2/h12,14,18,20,45H,3-11,13,15-17,19,21-44,48H2,1-2H3,(H,51,52)/b14-12+,20-18+/t45-/m1/s1. The Morgan fingerprint density at radius 2 is 0.912 bits per heavy atom. The molecule has 0 aromatic rings. The summed E-state index contributed by atoms with van der Waals surface area (Å²) in [6, 6.07) is 0. The van der Waals surface area contributed by atoms with Crippen molar-refractivity contribution in [3.8, 4) is 0 Å². The van der Waals surface area contributed by atoms with Crippen LogP contribution in [0.25, 0.3) is 0 Å². The second-order valence-electron chi connectivity index (χ2n) is 16.0. The molecule has 0 rings (SSSR count). The third-order valence-corrected chi connectivity index (χ3v) is 11.3. The van der Waals surface area contributed by atoms with E-state index >= 15 is 0 Å². The Morgan fingerprint density at radius 3 is 1.37 bits per heavy atom. The Hall–Kier alpha value is -1.51. The maximum Gasteiger partial charge on any atom is 0.472 e. The van der Waals surface area contributed by atoms with E-state index in [9.17, 15) is 19.0 Å². The summed E-state index contributed by atoms with van der Waals surface area (Å²) in [7, 11) is -4.38. The fourth-order valence-electron chi connectivity index (χ4n) is 6.78. The maximum atomic E-state index is 12.6. The van der Waals surface area contributed by atoms with Gasteiger partial charge < -0.3 is 20.1 Å². The van der Waals surface area contributed by atoms with E-state index in [0.29, 0.717) is 6.42 Å². The molecule has 0 aromatic heterocycles. The largest absolute Gasteiger partial charge is 0.472 e. The average molecular weight is 828 g/mol. The summed E-state index contributed by atoms with van der Waals surface area (Å²) in [6.45, 7) is 3.74. The lowest BCUT2D eigenvalue weighted by Gasteiger charge is -2.19. The van der Waals surface area contributed by atoms with Crippen LogP contribution in [0.2, 0.25) is 0 Å². The lowest BCUT2D eigenvalue weighted by Crippen LogP contribution is -2.29. The minimum absolute atomic E-state index is 0.0541. The number of hydrogen-bond acceptors (Lipinski definition) is 8. The monoisotopic (exact) mass is 828 g/mol. The predicted molar refractivity (Wildman–Crippen MR) is 238 cm³/mol. The van der Waals surface area contributed by atoms with Gasteiger partial charge in [-0.25, -0.2) is 4.57 Å². The van der Waals surface area contributed by atoms with E-state index < -0.39 is 26.5 Å². The third kappa shape index (κ3) is 43.9. The Labute approximate surface area is 351 Å². The number of phosphoric acid groups is 1. The summed E-state index contributed by atoms with van der Waals surface area (Å²) in [5, 5.41) is 0. The number of ether oxygens (including phenoxy) is 2. The number of rotatable bonds is 45. The van der Waals surface area contributed by atoms with E-state index in [1.807, 2.05) is 0 Å². The number of esters is 2. The first-order valence-corrected chi connectivity index (χ1v) is 25.3. The molecular formula is C47H90NO8P. The quantitative estimate of drug-likeness (QED) is 0.0266. The highest BCUT2D eigenvalue weighted by Crippen LogP contribution is 2.43. The second-order valence-corrected chi connectivity index (χ2v) is 17.4. The van der Waals surface area contributed by atoms with Gasteiger partial charge in [0.25, 0.3) is 0 Å². The van der Waals surface area contributed by atoms with E-state index in [1.54, 1.807) is 0 Å². The molecule has 0 spiro atoms. The molecule has 0 saturated heterocycles. The molecule has 10 heteroatoms. The zero-order valence-electron chi connectivity index (χ0n) is 37.1. The lowest BCUT2D eigenvalue weighted by atomic mass is 10.0. The van der Waals surface area contributed by atoms with Crippen molar-refractivity contribution < 1.29 is 37.6 Å². The molecule has 57 heavy (non-hydrogen) atoms. The van der Waals surface area contributed by atoms with E-state index in [1.165, 1.54) is 148 Å². The average Bonchev–Trinajstić information content (AvgIpc) is 3.20. The SMILES string of the molecule is CCCCC/C=C/C/C=C/CCCCCCCCCC(=O)OC[C@H](COP(=O)(O)OCCN)OC(=O)CCCCCCCCCCCCCCCCCCCCC. The highest BCUT2D eigenvalue weighted by atomic mass is 31.2. The first kappa shape index (κ1) is 55.5. The van der Waals surface area contributed by atoms with Gasteiger partial charge in [0.05, 0.1) is 13.2 Å². The van der Waals surface area contributed by atoms with E-state index in [2.05, 4.69) is 38.2 Å². The van der Waals surface area contributed by atoms with Gasteiger partial charge in [0.2, 0.25) is 0 Å². The van der Waals surface area contributed by atoms with Crippen LogP contribution >= 0.6 is 7.82 Å². The minimum atomic E-state index is -4.38. The number of nitrogens with two attached hydrogens (primary N) is 1. The Kier molecular flexibility index (Phi) is 42.9. The van der Waals surface area contributed by atoms with Crippen LogP contribution < -0.4 is 5.73 Å². The molecule has 0 aliphatic rings. The van der Waals surface area contributed by atoms with Gasteiger partial charge in [0.1, 0.15) is 6.61 Å². The number of carbonyl (C=O) groups excluding carboxylic acids is 2. The first-order chi connectivity index (χ1) is 27.8. The molecule has 0 heterocycles. The summed E-state index contributed by atoms with van der Waals surface area (Å²) in [5.41, 5.74) is 5.36. The molecule has 336 valence electrons. The van der Waals surface area contributed by atoms with Crippen LogP contribution in [0.5, 0.6) is 0 Å². The summed E-state index contributed by atoms with van der Waals surface area (Å²) < 4.78 is 32.9. The van der Waals surface area contributed by atoms with Crippen LogP contribution in [0, 0.1) is 0 Å². The van der Waals surface area contributed by atoms with Gasteiger partial charge in [-0.15, -0.1) is 0 Å². The summed E-state index contributed by atoms with van der Waals surface area (Å²) >= 11 is 0. The number of carbonyl (C=O) groups is 2. The van der Waals surface area contributed by atoms with Crippen LogP contribution in [0.3, 0.4) is 0 Å². The molecule has 0 saturated carbocycles. The van der Waals surface area contributed by atoms with Crippen molar-refractivity contribution >= 4 is 19.8 Å². The molecule has 9 nitrogen and oxygen atoms in total. The van der Waals surface area contributed by atoms with E-state index in [-0.39, 0.29) is 38.6 Å². The molecule has 0 aliphatic carbocycles. The van der Waals surface area contributed by atoms with E-state index in [4.69, 9.17) is 24.3 Å². The Balaban J connectivity index is 4.07. The van der Waals surface area contributed by atoms with Crippen molar-refractivity contribution in [2.75, 3.05) is 26.4 Å². The molecule has 0 fully saturated rings. The topological polar surface area (TPSA) is 134 Å². The number of unbranched alkanes of at least 4 members (excludes halogenated alkanes) is 28. The highest BCUT2D eigenvalue weighted by Gasteiger charge is 2.26. The normalized spacial score (nSPS) is 13.4. The zero-order valence-corrected chi connectivity index (χ0v) is 38.0. The molecular weight excluding hydrogens is 737 g/mol. The fraction of sp³-hybridized carbons (Fsp3) is 0.872. The second kappa shape index (κ2) is 44.1. The predicted octanol–water partition coefficient (Wildman–Crippen LogP) is 13.9. The van der Waals surface area contributed by atoms with Gasteiger partial charge >= 0.3 is 19.8 Å². The van der Waals surface area contributed by atoms with Gasteiger partial charge in [-0.05, 0) is 44.9 Å². The number of hydrogen-bond donors (Lipinski definition) is 2. The van der Waals surface area contributed by atoms with Crippen molar-refractivity contribution in [3.05, 3.63) is 24.3 Å². The molecule has 3 N–H and O–H groups in total. The third-order valence-electron chi connectivity index (χ3n) is 10.3. The summed E-state index contributed by atoms with van der Waals surface area (Å²) in [6.07, 6.45) is 47.8.